The van der Waals surface area contributed by atoms with Crippen LogP contribution in [0.1, 0.15) is 12.8 Å². The molecule has 0 spiro atoms. The summed E-state index contributed by atoms with van der Waals surface area (Å²) in [5.74, 6) is 1.20. The van der Waals surface area contributed by atoms with Crippen LogP contribution in [0.2, 0.25) is 10.0 Å². The van der Waals surface area contributed by atoms with Gasteiger partial charge in [-0.05, 0) is 37.1 Å². The number of hydrogen-bond acceptors (Lipinski definition) is 5. The standard InChI is InChI=1S/C18H15Cl2N5/c19-13-4-1-5-14(20)17(13)24-16-9-15(11-3-2-8-21-10-11)23-18(25-16)22-12-6-7-12/h1-5,8-10,12H,6-7H2,(H2,22,23,24,25). The van der Waals surface area contributed by atoms with E-state index in [1.807, 2.05) is 18.2 Å². The number of nitrogens with zero attached hydrogens (tertiary/aromatic N) is 3. The van der Waals surface area contributed by atoms with Gasteiger partial charge in [-0.1, -0.05) is 29.3 Å². The second-order valence-electron chi connectivity index (χ2n) is 5.84. The number of pyridine rings is 1. The van der Waals surface area contributed by atoms with Crippen LogP contribution >= 0.6 is 23.2 Å². The fourth-order valence-corrected chi connectivity index (χ4v) is 2.89. The van der Waals surface area contributed by atoms with Crippen molar-refractivity contribution in [2.45, 2.75) is 18.9 Å². The fraction of sp³-hybridized carbons (Fsp3) is 0.167. The number of anilines is 3. The SMILES string of the molecule is Clc1cccc(Cl)c1Nc1cc(-c2cccnc2)nc(NC2CC2)n1. The van der Waals surface area contributed by atoms with Crippen LogP contribution in [0.4, 0.5) is 17.5 Å². The van der Waals surface area contributed by atoms with Crippen LogP contribution in [0.25, 0.3) is 11.3 Å². The quantitative estimate of drug-likeness (QED) is 0.648. The smallest absolute Gasteiger partial charge is 0.225 e. The first-order valence-corrected chi connectivity index (χ1v) is 8.72. The molecule has 1 saturated carbocycles. The maximum absolute atomic E-state index is 6.25. The molecule has 2 N–H and O–H groups in total. The Morgan fingerprint density at radius 3 is 2.48 bits per heavy atom. The van der Waals surface area contributed by atoms with Crippen molar-refractivity contribution in [3.63, 3.8) is 0 Å². The lowest BCUT2D eigenvalue weighted by atomic mass is 10.2. The molecule has 1 fully saturated rings. The van der Waals surface area contributed by atoms with E-state index in [0.717, 1.165) is 24.1 Å². The summed E-state index contributed by atoms with van der Waals surface area (Å²) < 4.78 is 0. The minimum Gasteiger partial charge on any atom is -0.351 e. The van der Waals surface area contributed by atoms with Crippen molar-refractivity contribution in [3.05, 3.63) is 58.8 Å². The molecule has 3 aromatic rings. The molecule has 0 unspecified atom stereocenters. The van der Waals surface area contributed by atoms with Gasteiger partial charge in [-0.25, -0.2) is 4.98 Å². The first kappa shape index (κ1) is 16.1. The number of para-hydroxylation sites is 1. The Labute approximate surface area is 155 Å². The van der Waals surface area contributed by atoms with Gasteiger partial charge in [-0.15, -0.1) is 0 Å². The highest BCUT2D eigenvalue weighted by atomic mass is 35.5. The Bertz CT molecular complexity index is 877. The monoisotopic (exact) mass is 371 g/mol. The first-order chi connectivity index (χ1) is 12.2. The number of nitrogens with one attached hydrogen (secondary N) is 2. The first-order valence-electron chi connectivity index (χ1n) is 7.96. The molecule has 0 saturated heterocycles. The predicted molar refractivity (Wildman–Crippen MR) is 102 cm³/mol. The lowest BCUT2D eigenvalue weighted by Crippen LogP contribution is -2.08. The van der Waals surface area contributed by atoms with Crippen molar-refractivity contribution in [2.75, 3.05) is 10.6 Å². The zero-order chi connectivity index (χ0) is 17.2. The van der Waals surface area contributed by atoms with Gasteiger partial charge in [-0.2, -0.15) is 4.98 Å². The van der Waals surface area contributed by atoms with Crippen molar-refractivity contribution >= 4 is 40.7 Å². The van der Waals surface area contributed by atoms with Crippen molar-refractivity contribution in [1.82, 2.24) is 15.0 Å². The number of rotatable bonds is 5. The van der Waals surface area contributed by atoms with E-state index in [1.165, 1.54) is 0 Å². The highest BCUT2D eigenvalue weighted by molar-refractivity contribution is 6.39. The van der Waals surface area contributed by atoms with Gasteiger partial charge < -0.3 is 10.6 Å². The molecule has 5 nitrogen and oxygen atoms in total. The Morgan fingerprint density at radius 2 is 1.80 bits per heavy atom. The van der Waals surface area contributed by atoms with Gasteiger partial charge >= 0.3 is 0 Å². The van der Waals surface area contributed by atoms with E-state index in [4.69, 9.17) is 23.2 Å². The van der Waals surface area contributed by atoms with Crippen LogP contribution in [0.15, 0.2) is 48.8 Å². The molecule has 0 aliphatic heterocycles. The topological polar surface area (TPSA) is 62.7 Å². The summed E-state index contributed by atoms with van der Waals surface area (Å²) in [4.78, 5) is 13.3. The van der Waals surface area contributed by atoms with Crippen LogP contribution in [-0.4, -0.2) is 21.0 Å². The van der Waals surface area contributed by atoms with E-state index in [1.54, 1.807) is 30.6 Å². The molecule has 2 aromatic heterocycles. The number of hydrogen-bond donors (Lipinski definition) is 2. The Balaban J connectivity index is 1.73. The van der Waals surface area contributed by atoms with E-state index < -0.39 is 0 Å². The van der Waals surface area contributed by atoms with Crippen molar-refractivity contribution in [3.8, 4) is 11.3 Å². The van der Waals surface area contributed by atoms with Crippen LogP contribution < -0.4 is 10.6 Å². The molecular formula is C18H15Cl2N5. The van der Waals surface area contributed by atoms with Gasteiger partial charge in [-0.3, -0.25) is 4.98 Å². The summed E-state index contributed by atoms with van der Waals surface area (Å²) in [7, 11) is 0. The van der Waals surface area contributed by atoms with E-state index in [9.17, 15) is 0 Å². The third kappa shape index (κ3) is 3.83. The molecular weight excluding hydrogens is 357 g/mol. The number of halogens is 2. The Kier molecular flexibility index (Phi) is 4.42. The zero-order valence-corrected chi connectivity index (χ0v) is 14.7. The number of benzene rings is 1. The van der Waals surface area contributed by atoms with Gasteiger partial charge in [0, 0.05) is 30.1 Å². The summed E-state index contributed by atoms with van der Waals surface area (Å²) in [5, 5.41) is 7.61. The average Bonchev–Trinajstić information content (AvgIpc) is 3.43. The van der Waals surface area contributed by atoms with Gasteiger partial charge in [0.1, 0.15) is 5.82 Å². The second kappa shape index (κ2) is 6.86. The van der Waals surface area contributed by atoms with Crippen LogP contribution in [0.3, 0.4) is 0 Å². The van der Waals surface area contributed by atoms with Gasteiger partial charge in [0.05, 0.1) is 21.4 Å². The Hall–Kier alpha value is -2.37. The normalized spacial score (nSPS) is 13.5. The molecule has 7 heteroatoms. The summed E-state index contributed by atoms with van der Waals surface area (Å²) in [6.45, 7) is 0. The summed E-state index contributed by atoms with van der Waals surface area (Å²) in [6, 6.07) is 11.5. The zero-order valence-electron chi connectivity index (χ0n) is 13.2. The summed E-state index contributed by atoms with van der Waals surface area (Å²) in [5.41, 5.74) is 2.31. The largest absolute Gasteiger partial charge is 0.351 e. The molecule has 0 radical (unpaired) electrons. The molecule has 126 valence electrons. The Morgan fingerprint density at radius 1 is 1.00 bits per heavy atom. The van der Waals surface area contributed by atoms with Gasteiger partial charge in [0.25, 0.3) is 0 Å². The molecule has 0 atom stereocenters. The van der Waals surface area contributed by atoms with Crippen LogP contribution in [0.5, 0.6) is 0 Å². The molecule has 2 heterocycles. The maximum atomic E-state index is 6.25. The molecule has 1 aliphatic rings. The lowest BCUT2D eigenvalue weighted by molar-refractivity contribution is 1.06. The van der Waals surface area contributed by atoms with Crippen LogP contribution in [0, 0.1) is 0 Å². The van der Waals surface area contributed by atoms with Gasteiger partial charge in [0.15, 0.2) is 0 Å². The van der Waals surface area contributed by atoms with Gasteiger partial charge in [0.2, 0.25) is 5.95 Å². The second-order valence-corrected chi connectivity index (χ2v) is 6.66. The lowest BCUT2D eigenvalue weighted by Gasteiger charge is -2.13. The predicted octanol–water partition coefficient (Wildman–Crippen LogP) is 5.16. The minimum absolute atomic E-state index is 0.445. The molecule has 0 amide bonds. The van der Waals surface area contributed by atoms with Crippen molar-refractivity contribution < 1.29 is 0 Å². The fourth-order valence-electron chi connectivity index (χ4n) is 2.39. The van der Waals surface area contributed by atoms with Crippen LogP contribution in [-0.2, 0) is 0 Å². The molecule has 25 heavy (non-hydrogen) atoms. The summed E-state index contributed by atoms with van der Waals surface area (Å²) >= 11 is 12.5. The molecule has 1 aromatic carbocycles. The maximum Gasteiger partial charge on any atom is 0.225 e. The van der Waals surface area contributed by atoms with E-state index in [-0.39, 0.29) is 0 Å². The van der Waals surface area contributed by atoms with E-state index >= 15 is 0 Å². The summed E-state index contributed by atoms with van der Waals surface area (Å²) in [6.07, 6.45) is 5.78. The third-order valence-electron chi connectivity index (χ3n) is 3.81. The average molecular weight is 372 g/mol. The van der Waals surface area contributed by atoms with Crippen molar-refractivity contribution in [1.29, 1.82) is 0 Å². The third-order valence-corrected chi connectivity index (χ3v) is 4.44. The highest BCUT2D eigenvalue weighted by Crippen LogP contribution is 2.33. The minimum atomic E-state index is 0.445. The van der Waals surface area contributed by atoms with E-state index in [0.29, 0.717) is 33.5 Å². The molecule has 4 rings (SSSR count). The van der Waals surface area contributed by atoms with Crippen molar-refractivity contribution in [2.24, 2.45) is 0 Å². The number of aromatic nitrogens is 3. The van der Waals surface area contributed by atoms with E-state index in [2.05, 4.69) is 25.6 Å². The highest BCUT2D eigenvalue weighted by Gasteiger charge is 2.22. The molecule has 1 aliphatic carbocycles. The molecule has 0 bridgehead atoms.